The summed E-state index contributed by atoms with van der Waals surface area (Å²) >= 11 is 5.01. The molecule has 0 fully saturated rings. The summed E-state index contributed by atoms with van der Waals surface area (Å²) in [7, 11) is -3.61. The molecule has 0 unspecified atom stereocenters. The van der Waals surface area contributed by atoms with Gasteiger partial charge in [0.1, 0.15) is 0 Å². The topological polar surface area (TPSA) is 46.2 Å². The average Bonchev–Trinajstić information content (AvgIpc) is 2.46. The molecule has 0 aromatic heterocycles. The third-order valence-electron chi connectivity index (χ3n) is 2.86. The maximum atomic E-state index is 12.3. The van der Waals surface area contributed by atoms with Gasteiger partial charge in [0.2, 0.25) is 9.84 Å². The number of thiocarbonyl (C=S) groups is 1. The maximum Gasteiger partial charge on any atom is 0.232 e. The van der Waals surface area contributed by atoms with Crippen molar-refractivity contribution in [3.8, 4) is 0 Å². The van der Waals surface area contributed by atoms with Crippen LogP contribution in [0.5, 0.6) is 0 Å². The Hall–Kier alpha value is -1.72. The Kier molecular flexibility index (Phi) is 4.52. The number of rotatable bonds is 3. The van der Waals surface area contributed by atoms with Crippen LogP contribution in [0.2, 0.25) is 0 Å². The minimum absolute atomic E-state index is 0.148. The van der Waals surface area contributed by atoms with E-state index in [1.54, 1.807) is 24.3 Å². The minimum atomic E-state index is -3.61. The van der Waals surface area contributed by atoms with Gasteiger partial charge in [0.15, 0.2) is 4.32 Å². The van der Waals surface area contributed by atoms with Crippen LogP contribution >= 0.6 is 12.2 Å². The van der Waals surface area contributed by atoms with Gasteiger partial charge in [-0.25, -0.2) is 8.42 Å². The summed E-state index contributed by atoms with van der Waals surface area (Å²) < 4.78 is 24.4. The van der Waals surface area contributed by atoms with E-state index in [1.165, 1.54) is 0 Å². The Bertz CT molecular complexity index is 692. The molecule has 0 atom stereocenters. The zero-order chi connectivity index (χ0) is 14.6. The number of nitrogens with one attached hydrogen (secondary N) is 1. The molecule has 0 aliphatic rings. The van der Waals surface area contributed by atoms with E-state index < -0.39 is 9.84 Å². The van der Waals surface area contributed by atoms with Crippen LogP contribution in [0.1, 0.15) is 11.1 Å². The highest BCUT2D eigenvalue weighted by atomic mass is 32.2. The summed E-state index contributed by atoms with van der Waals surface area (Å²) in [6.07, 6.45) is 0. The Labute approximate surface area is 124 Å². The van der Waals surface area contributed by atoms with Crippen LogP contribution in [0.15, 0.2) is 59.5 Å². The monoisotopic (exact) mass is 305 g/mol. The van der Waals surface area contributed by atoms with Gasteiger partial charge in [-0.3, -0.25) is 0 Å². The quantitative estimate of drug-likeness (QED) is 0.886. The highest BCUT2D eigenvalue weighted by Crippen LogP contribution is 2.13. The van der Waals surface area contributed by atoms with E-state index in [-0.39, 0.29) is 9.22 Å². The van der Waals surface area contributed by atoms with Gasteiger partial charge in [0, 0.05) is 6.54 Å². The Morgan fingerprint density at radius 1 is 1.05 bits per heavy atom. The number of aryl methyl sites for hydroxylation is 1. The molecule has 104 valence electrons. The smallest absolute Gasteiger partial charge is 0.232 e. The van der Waals surface area contributed by atoms with Gasteiger partial charge >= 0.3 is 0 Å². The fraction of sp³-hybridized carbons (Fsp3) is 0.133. The van der Waals surface area contributed by atoms with E-state index in [4.69, 9.17) is 12.2 Å². The van der Waals surface area contributed by atoms with Crippen LogP contribution in [0, 0.1) is 6.92 Å². The lowest BCUT2D eigenvalue weighted by Gasteiger charge is -2.09. The van der Waals surface area contributed by atoms with Crippen LogP contribution in [-0.4, -0.2) is 12.7 Å². The van der Waals surface area contributed by atoms with Crippen molar-refractivity contribution in [3.05, 3.63) is 65.7 Å². The Morgan fingerprint density at radius 3 is 2.25 bits per heavy atom. The molecule has 2 aromatic rings. The van der Waals surface area contributed by atoms with Crippen molar-refractivity contribution in [3.63, 3.8) is 0 Å². The molecule has 0 radical (unpaired) electrons. The number of hydrogen-bond acceptors (Lipinski definition) is 3. The summed E-state index contributed by atoms with van der Waals surface area (Å²) in [5.41, 5.74) is 1.99. The Balaban J connectivity index is 2.10. The summed E-state index contributed by atoms with van der Waals surface area (Å²) in [6, 6.07) is 16.2. The lowest BCUT2D eigenvalue weighted by molar-refractivity contribution is 0.606. The van der Waals surface area contributed by atoms with Crippen LogP contribution in [0.3, 0.4) is 0 Å². The molecule has 0 bridgehead atoms. The van der Waals surface area contributed by atoms with Crippen molar-refractivity contribution in [1.29, 1.82) is 0 Å². The van der Waals surface area contributed by atoms with E-state index in [9.17, 15) is 8.42 Å². The number of hydrogen-bond donors (Lipinski definition) is 1. The van der Waals surface area contributed by atoms with E-state index >= 15 is 0 Å². The number of benzene rings is 2. The van der Waals surface area contributed by atoms with E-state index in [0.29, 0.717) is 6.54 Å². The normalized spacial score (nSPS) is 11.1. The van der Waals surface area contributed by atoms with Crippen molar-refractivity contribution in [1.82, 2.24) is 5.32 Å². The zero-order valence-electron chi connectivity index (χ0n) is 11.0. The minimum Gasteiger partial charge on any atom is -0.363 e. The predicted molar refractivity (Wildman–Crippen MR) is 84.2 cm³/mol. The summed E-state index contributed by atoms with van der Waals surface area (Å²) in [5.74, 6) is 0. The first-order chi connectivity index (χ1) is 9.50. The van der Waals surface area contributed by atoms with E-state index in [0.717, 1.165) is 11.1 Å². The first kappa shape index (κ1) is 14.7. The standard InChI is InChI=1S/C15H15NO2S2/c1-12-7-9-14(10-8-12)20(17,18)15(19)16-11-13-5-3-2-4-6-13/h2-10H,11H2,1H3,(H,16,19). The van der Waals surface area contributed by atoms with Gasteiger partial charge in [-0.2, -0.15) is 0 Å². The van der Waals surface area contributed by atoms with Gasteiger partial charge in [-0.15, -0.1) is 0 Å². The molecular weight excluding hydrogens is 290 g/mol. The molecule has 0 amide bonds. The molecule has 2 rings (SSSR count). The summed E-state index contributed by atoms with van der Waals surface area (Å²) in [6.45, 7) is 2.30. The van der Waals surface area contributed by atoms with Crippen LogP contribution in [-0.2, 0) is 16.4 Å². The first-order valence-electron chi connectivity index (χ1n) is 6.13. The highest BCUT2D eigenvalue weighted by Gasteiger charge is 2.20. The second-order valence-corrected chi connectivity index (χ2v) is 7.00. The molecule has 0 saturated carbocycles. The largest absolute Gasteiger partial charge is 0.363 e. The third-order valence-corrected chi connectivity index (χ3v) is 5.18. The van der Waals surface area contributed by atoms with Gasteiger partial charge < -0.3 is 5.32 Å². The van der Waals surface area contributed by atoms with Crippen molar-refractivity contribution >= 4 is 26.4 Å². The molecule has 0 heterocycles. The van der Waals surface area contributed by atoms with Gasteiger partial charge in [-0.05, 0) is 36.8 Å². The van der Waals surface area contributed by atoms with Crippen molar-refractivity contribution in [2.24, 2.45) is 0 Å². The van der Waals surface area contributed by atoms with Gasteiger partial charge in [0.25, 0.3) is 0 Å². The van der Waals surface area contributed by atoms with E-state index in [2.05, 4.69) is 5.32 Å². The van der Waals surface area contributed by atoms with Crippen LogP contribution in [0.4, 0.5) is 0 Å². The van der Waals surface area contributed by atoms with Crippen molar-refractivity contribution in [2.45, 2.75) is 18.4 Å². The van der Waals surface area contributed by atoms with E-state index in [1.807, 2.05) is 37.3 Å². The number of sulfone groups is 1. The molecule has 2 aromatic carbocycles. The zero-order valence-corrected chi connectivity index (χ0v) is 12.7. The fourth-order valence-corrected chi connectivity index (χ4v) is 3.02. The molecule has 3 nitrogen and oxygen atoms in total. The van der Waals surface area contributed by atoms with Gasteiger partial charge in [0.05, 0.1) is 4.90 Å². The molecule has 5 heteroatoms. The third kappa shape index (κ3) is 3.43. The lowest BCUT2D eigenvalue weighted by Crippen LogP contribution is -2.28. The molecule has 0 spiro atoms. The fourth-order valence-electron chi connectivity index (χ4n) is 1.69. The van der Waals surface area contributed by atoms with Crippen LogP contribution in [0.25, 0.3) is 0 Å². The molecule has 0 aliphatic heterocycles. The second-order valence-electron chi connectivity index (χ2n) is 4.44. The molecule has 1 N–H and O–H groups in total. The molecule has 20 heavy (non-hydrogen) atoms. The maximum absolute atomic E-state index is 12.3. The summed E-state index contributed by atoms with van der Waals surface area (Å²) in [4.78, 5) is 0.216. The predicted octanol–water partition coefficient (Wildman–Crippen LogP) is 2.84. The molecule has 0 saturated heterocycles. The van der Waals surface area contributed by atoms with Gasteiger partial charge in [-0.1, -0.05) is 48.0 Å². The highest BCUT2D eigenvalue weighted by molar-refractivity contribution is 8.17. The second kappa shape index (κ2) is 6.15. The average molecular weight is 305 g/mol. The van der Waals surface area contributed by atoms with Crippen molar-refractivity contribution < 1.29 is 8.42 Å². The SMILES string of the molecule is Cc1ccc(S(=O)(=O)C(=S)NCc2ccccc2)cc1. The molecular formula is C15H15NO2S2. The van der Waals surface area contributed by atoms with Crippen molar-refractivity contribution in [2.75, 3.05) is 0 Å². The lowest BCUT2D eigenvalue weighted by atomic mass is 10.2. The molecule has 0 aliphatic carbocycles. The van der Waals surface area contributed by atoms with Crippen LogP contribution < -0.4 is 5.32 Å². The first-order valence-corrected chi connectivity index (χ1v) is 8.03. The summed E-state index contributed by atoms with van der Waals surface area (Å²) in [5, 5.41) is 2.80. The Morgan fingerprint density at radius 2 is 1.65 bits per heavy atom.